The maximum atomic E-state index is 12.9. The first-order chi connectivity index (χ1) is 12.2. The molecule has 0 aliphatic rings. The summed E-state index contributed by atoms with van der Waals surface area (Å²) < 4.78 is 104. The second-order valence-corrected chi connectivity index (χ2v) is 7.81. The Morgan fingerprint density at radius 2 is 1.26 bits per heavy atom. The molecule has 0 saturated heterocycles. The van der Waals surface area contributed by atoms with Crippen molar-refractivity contribution in [2.75, 3.05) is 4.72 Å². The van der Waals surface area contributed by atoms with Crippen molar-refractivity contribution in [3.05, 3.63) is 59.2 Å². The van der Waals surface area contributed by atoms with Crippen molar-refractivity contribution in [1.29, 1.82) is 0 Å². The van der Waals surface area contributed by atoms with Crippen LogP contribution < -0.4 is 4.72 Å². The number of halogens is 6. The summed E-state index contributed by atoms with van der Waals surface area (Å²) in [6.07, 6.45) is -10.1. The molecule has 2 aromatic carbocycles. The summed E-state index contributed by atoms with van der Waals surface area (Å²) in [5.74, 6) is 0.118. The number of alkyl halides is 6. The first-order valence-corrected chi connectivity index (χ1v) is 9.11. The fourth-order valence-electron chi connectivity index (χ4n) is 2.26. The third-order valence-electron chi connectivity index (χ3n) is 3.70. The maximum absolute atomic E-state index is 12.9. The van der Waals surface area contributed by atoms with E-state index in [1.807, 2.05) is 13.8 Å². The topological polar surface area (TPSA) is 46.2 Å². The van der Waals surface area contributed by atoms with E-state index in [9.17, 15) is 34.8 Å². The SMILES string of the molecule is CC(C)c1ccc(S(=O)(=O)Nc2cc(C(F)(F)F)cc(C(F)(F)F)c2)cc1. The highest BCUT2D eigenvalue weighted by Crippen LogP contribution is 2.38. The number of hydrogen-bond donors (Lipinski definition) is 1. The van der Waals surface area contributed by atoms with Crippen LogP contribution in [0.1, 0.15) is 36.5 Å². The standard InChI is InChI=1S/C17H15F6NO2S/c1-10(2)11-3-5-15(6-4-11)27(25,26)24-14-8-12(16(18,19)20)7-13(9-14)17(21,22)23/h3-10,24H,1-2H3. The maximum Gasteiger partial charge on any atom is 0.416 e. The number of sulfonamides is 1. The predicted octanol–water partition coefficient (Wildman–Crippen LogP) is 5.65. The average molecular weight is 411 g/mol. The molecule has 0 unspecified atom stereocenters. The molecular formula is C17H15F6NO2S. The molecule has 27 heavy (non-hydrogen) atoms. The Morgan fingerprint density at radius 3 is 1.63 bits per heavy atom. The van der Waals surface area contributed by atoms with E-state index >= 15 is 0 Å². The van der Waals surface area contributed by atoms with Crippen molar-refractivity contribution in [1.82, 2.24) is 0 Å². The third-order valence-corrected chi connectivity index (χ3v) is 5.09. The molecule has 0 saturated carbocycles. The Labute approximate surface area is 152 Å². The lowest BCUT2D eigenvalue weighted by molar-refractivity contribution is -0.143. The summed E-state index contributed by atoms with van der Waals surface area (Å²) in [5, 5.41) is 0. The number of benzene rings is 2. The normalized spacial score (nSPS) is 13.1. The van der Waals surface area contributed by atoms with Gasteiger partial charge in [0.1, 0.15) is 0 Å². The molecule has 0 aromatic heterocycles. The van der Waals surface area contributed by atoms with Gasteiger partial charge >= 0.3 is 12.4 Å². The van der Waals surface area contributed by atoms with Crippen molar-refractivity contribution >= 4 is 15.7 Å². The Kier molecular flexibility index (Phi) is 5.51. The quantitative estimate of drug-likeness (QED) is 0.661. The summed E-state index contributed by atoms with van der Waals surface area (Å²) in [6, 6.07) is 6.06. The Balaban J connectivity index is 2.45. The van der Waals surface area contributed by atoms with Gasteiger partial charge in [0.25, 0.3) is 10.0 Å². The summed E-state index contributed by atoms with van der Waals surface area (Å²) in [6.45, 7) is 3.76. The monoisotopic (exact) mass is 411 g/mol. The van der Waals surface area contributed by atoms with E-state index in [0.29, 0.717) is 12.1 Å². The zero-order valence-electron chi connectivity index (χ0n) is 14.1. The molecule has 2 aromatic rings. The van der Waals surface area contributed by atoms with Crippen LogP contribution in [0.25, 0.3) is 0 Å². The minimum atomic E-state index is -5.07. The molecule has 0 bridgehead atoms. The lowest BCUT2D eigenvalue weighted by Crippen LogP contribution is -2.16. The highest BCUT2D eigenvalue weighted by Gasteiger charge is 2.37. The minimum Gasteiger partial charge on any atom is -0.280 e. The smallest absolute Gasteiger partial charge is 0.280 e. The Morgan fingerprint density at radius 1 is 0.815 bits per heavy atom. The molecular weight excluding hydrogens is 396 g/mol. The molecule has 0 heterocycles. The van der Waals surface area contributed by atoms with E-state index in [1.54, 1.807) is 4.72 Å². The number of hydrogen-bond acceptors (Lipinski definition) is 2. The Hall–Kier alpha value is -2.23. The minimum absolute atomic E-state index is 0.0742. The lowest BCUT2D eigenvalue weighted by Gasteiger charge is -2.15. The highest BCUT2D eigenvalue weighted by atomic mass is 32.2. The van der Waals surface area contributed by atoms with Crippen LogP contribution in [0.5, 0.6) is 0 Å². The second-order valence-electron chi connectivity index (χ2n) is 6.12. The molecule has 2 rings (SSSR count). The van der Waals surface area contributed by atoms with Crippen molar-refractivity contribution in [2.24, 2.45) is 0 Å². The van der Waals surface area contributed by atoms with Gasteiger partial charge in [-0.25, -0.2) is 8.42 Å². The van der Waals surface area contributed by atoms with E-state index in [-0.39, 0.29) is 16.9 Å². The number of rotatable bonds is 4. The van der Waals surface area contributed by atoms with Crippen molar-refractivity contribution in [2.45, 2.75) is 37.0 Å². The first-order valence-electron chi connectivity index (χ1n) is 7.62. The van der Waals surface area contributed by atoms with Gasteiger partial charge in [0.15, 0.2) is 0 Å². The molecule has 3 nitrogen and oxygen atoms in total. The summed E-state index contributed by atoms with van der Waals surface area (Å²) in [7, 11) is -4.36. The lowest BCUT2D eigenvalue weighted by atomic mass is 10.0. The molecule has 0 spiro atoms. The van der Waals surface area contributed by atoms with Gasteiger partial charge in [-0.3, -0.25) is 4.72 Å². The van der Waals surface area contributed by atoms with Gasteiger partial charge in [0.05, 0.1) is 21.7 Å². The summed E-state index contributed by atoms with van der Waals surface area (Å²) >= 11 is 0. The molecule has 1 N–H and O–H groups in total. The first kappa shape index (κ1) is 21.1. The van der Waals surface area contributed by atoms with Crippen LogP contribution in [0.2, 0.25) is 0 Å². The van der Waals surface area contributed by atoms with Crippen molar-refractivity contribution < 1.29 is 34.8 Å². The van der Waals surface area contributed by atoms with Gasteiger partial charge in [-0.05, 0) is 41.8 Å². The van der Waals surface area contributed by atoms with Crippen LogP contribution in [-0.2, 0) is 22.4 Å². The van der Waals surface area contributed by atoms with Crippen LogP contribution >= 0.6 is 0 Å². The van der Waals surface area contributed by atoms with Crippen molar-refractivity contribution in [3.63, 3.8) is 0 Å². The van der Waals surface area contributed by atoms with Gasteiger partial charge in [-0.1, -0.05) is 26.0 Å². The third kappa shape index (κ3) is 5.15. The van der Waals surface area contributed by atoms with E-state index < -0.39 is 39.2 Å². The van der Waals surface area contributed by atoms with Crippen LogP contribution in [0, 0.1) is 0 Å². The molecule has 0 atom stereocenters. The van der Waals surface area contributed by atoms with Crippen molar-refractivity contribution in [3.8, 4) is 0 Å². The Bertz CT molecular complexity index is 884. The average Bonchev–Trinajstić information content (AvgIpc) is 2.52. The van der Waals surface area contributed by atoms with Crippen LogP contribution in [0.3, 0.4) is 0 Å². The van der Waals surface area contributed by atoms with Gasteiger partial charge in [0.2, 0.25) is 0 Å². The highest BCUT2D eigenvalue weighted by molar-refractivity contribution is 7.92. The van der Waals surface area contributed by atoms with Gasteiger partial charge in [-0.15, -0.1) is 0 Å². The molecule has 0 radical (unpaired) electrons. The fraction of sp³-hybridized carbons (Fsp3) is 0.294. The molecule has 0 amide bonds. The molecule has 0 fully saturated rings. The molecule has 0 aliphatic heterocycles. The van der Waals surface area contributed by atoms with E-state index in [4.69, 9.17) is 0 Å². The van der Waals surface area contributed by atoms with Crippen LogP contribution in [0.4, 0.5) is 32.0 Å². The summed E-state index contributed by atoms with van der Waals surface area (Å²) in [5.41, 5.74) is -3.21. The fourth-order valence-corrected chi connectivity index (χ4v) is 3.30. The van der Waals surface area contributed by atoms with Crippen LogP contribution in [0.15, 0.2) is 47.4 Å². The summed E-state index contributed by atoms with van der Waals surface area (Å²) in [4.78, 5) is -0.280. The predicted molar refractivity (Wildman–Crippen MR) is 87.8 cm³/mol. The number of anilines is 1. The van der Waals surface area contributed by atoms with Gasteiger partial charge < -0.3 is 0 Å². The number of nitrogens with one attached hydrogen (secondary N) is 1. The molecule has 10 heteroatoms. The largest absolute Gasteiger partial charge is 0.416 e. The van der Waals surface area contributed by atoms with Crippen LogP contribution in [-0.4, -0.2) is 8.42 Å². The van der Waals surface area contributed by atoms with Gasteiger partial charge in [-0.2, -0.15) is 26.3 Å². The molecule has 0 aliphatic carbocycles. The van der Waals surface area contributed by atoms with E-state index in [0.717, 1.165) is 5.56 Å². The van der Waals surface area contributed by atoms with E-state index in [2.05, 4.69) is 0 Å². The van der Waals surface area contributed by atoms with E-state index in [1.165, 1.54) is 24.3 Å². The zero-order chi connectivity index (χ0) is 20.6. The second kappa shape index (κ2) is 7.06. The molecule has 148 valence electrons. The zero-order valence-corrected chi connectivity index (χ0v) is 14.9. The van der Waals surface area contributed by atoms with Gasteiger partial charge in [0, 0.05) is 0 Å².